The first-order valence-electron chi connectivity index (χ1n) is 8.24. The molecule has 1 aromatic heterocycles. The van der Waals surface area contributed by atoms with Crippen molar-refractivity contribution in [3.05, 3.63) is 41.3 Å². The van der Waals surface area contributed by atoms with Crippen LogP contribution in [-0.4, -0.2) is 35.1 Å². The van der Waals surface area contributed by atoms with Crippen molar-refractivity contribution in [1.82, 2.24) is 15.3 Å². The van der Waals surface area contributed by atoms with Gasteiger partial charge in [-0.1, -0.05) is 12.1 Å². The van der Waals surface area contributed by atoms with Crippen LogP contribution in [0.15, 0.2) is 24.4 Å². The van der Waals surface area contributed by atoms with Gasteiger partial charge in [0.15, 0.2) is 0 Å². The molecule has 2 aliphatic heterocycles. The van der Waals surface area contributed by atoms with Crippen LogP contribution in [0.5, 0.6) is 0 Å². The van der Waals surface area contributed by atoms with E-state index in [1.54, 1.807) is 30.2 Å². The van der Waals surface area contributed by atoms with Crippen LogP contribution in [0, 0.1) is 12.7 Å². The third-order valence-corrected chi connectivity index (χ3v) is 4.71. The number of aryl methyl sites for hydroxylation is 1. The number of fused-ring (bicyclic) bond motifs is 1. The molecule has 0 spiro atoms. The maximum atomic E-state index is 14.5. The van der Waals surface area contributed by atoms with Gasteiger partial charge in [-0.25, -0.2) is 14.2 Å². The molecule has 0 bridgehead atoms. The van der Waals surface area contributed by atoms with Crippen molar-refractivity contribution in [2.24, 2.45) is 0 Å². The summed E-state index contributed by atoms with van der Waals surface area (Å²) in [5.74, 6) is 0.229. The highest BCUT2D eigenvalue weighted by atomic mass is 19.1. The number of amides is 2. The van der Waals surface area contributed by atoms with Crippen molar-refractivity contribution in [2.45, 2.75) is 25.9 Å². The van der Waals surface area contributed by atoms with Gasteiger partial charge in [-0.2, -0.15) is 4.98 Å². The van der Waals surface area contributed by atoms with E-state index >= 15 is 0 Å². The van der Waals surface area contributed by atoms with Crippen LogP contribution in [0.4, 0.5) is 26.6 Å². The smallest absolute Gasteiger partial charge is 0.330 e. The van der Waals surface area contributed by atoms with Gasteiger partial charge in [0.1, 0.15) is 11.6 Å². The third-order valence-electron chi connectivity index (χ3n) is 4.71. The summed E-state index contributed by atoms with van der Waals surface area (Å²) in [6.07, 6.45) is 2.42. The lowest BCUT2D eigenvalue weighted by atomic mass is 10.1. The van der Waals surface area contributed by atoms with E-state index < -0.39 is 5.82 Å². The van der Waals surface area contributed by atoms with Crippen LogP contribution in [0.1, 0.15) is 17.5 Å². The molecule has 2 aromatic rings. The van der Waals surface area contributed by atoms with Gasteiger partial charge in [0.25, 0.3) is 0 Å². The number of nitrogen functional groups attached to an aromatic ring is 1. The fourth-order valence-corrected chi connectivity index (χ4v) is 3.52. The van der Waals surface area contributed by atoms with Gasteiger partial charge in [0.05, 0.1) is 18.3 Å². The molecule has 3 heterocycles. The largest absolute Gasteiger partial charge is 0.368 e. The summed E-state index contributed by atoms with van der Waals surface area (Å²) in [6.45, 7) is 3.50. The SMILES string of the molecule is Cc1cccc(F)c1N1Cc2cnc(N)nc2N(C2CCNC2)C1=O. The Bertz CT molecular complexity index is 816. The molecule has 1 atom stereocenters. The van der Waals surface area contributed by atoms with Crippen LogP contribution in [0.2, 0.25) is 0 Å². The number of para-hydroxylation sites is 1. The summed E-state index contributed by atoms with van der Waals surface area (Å²) in [5, 5.41) is 3.25. The average Bonchev–Trinajstić information content (AvgIpc) is 3.09. The molecule has 2 aliphatic rings. The quantitative estimate of drug-likeness (QED) is 0.869. The van der Waals surface area contributed by atoms with Crippen LogP contribution < -0.4 is 20.9 Å². The first-order valence-corrected chi connectivity index (χ1v) is 8.24. The first kappa shape index (κ1) is 15.8. The number of hydrogen-bond donors (Lipinski definition) is 2. The van der Waals surface area contributed by atoms with Crippen molar-refractivity contribution >= 4 is 23.5 Å². The number of carbonyl (C=O) groups excluding carboxylic acids is 1. The Morgan fingerprint density at radius 3 is 2.96 bits per heavy atom. The molecular formula is C17H19FN6O. The highest BCUT2D eigenvalue weighted by Crippen LogP contribution is 2.35. The van der Waals surface area contributed by atoms with Crippen molar-refractivity contribution < 1.29 is 9.18 Å². The summed E-state index contributed by atoms with van der Waals surface area (Å²) >= 11 is 0. The molecular weight excluding hydrogens is 323 g/mol. The number of aromatic nitrogens is 2. The summed E-state index contributed by atoms with van der Waals surface area (Å²) in [4.78, 5) is 24.7. The number of hydrogen-bond acceptors (Lipinski definition) is 5. The van der Waals surface area contributed by atoms with Gasteiger partial charge in [-0.3, -0.25) is 9.80 Å². The normalized spacial score (nSPS) is 20.1. The minimum atomic E-state index is -0.419. The lowest BCUT2D eigenvalue weighted by molar-refractivity contribution is 0.247. The number of urea groups is 1. The minimum Gasteiger partial charge on any atom is -0.368 e. The standard InChI is InChI=1S/C17H19FN6O/c1-10-3-2-4-13(18)14(10)23-9-11-7-21-16(19)22-15(11)24(17(23)25)12-5-6-20-8-12/h2-4,7,12,20H,5-6,8-9H2,1H3,(H2,19,21,22). The number of benzene rings is 1. The Kier molecular flexibility index (Phi) is 3.76. The summed E-state index contributed by atoms with van der Waals surface area (Å²) in [6, 6.07) is 4.47. The van der Waals surface area contributed by atoms with Crippen molar-refractivity contribution in [2.75, 3.05) is 28.6 Å². The van der Waals surface area contributed by atoms with Crippen LogP contribution >= 0.6 is 0 Å². The van der Waals surface area contributed by atoms with Crippen molar-refractivity contribution in [1.29, 1.82) is 0 Å². The van der Waals surface area contributed by atoms with E-state index in [-0.39, 0.29) is 24.6 Å². The van der Waals surface area contributed by atoms with E-state index in [0.29, 0.717) is 23.6 Å². The second kappa shape index (κ2) is 5.96. The molecule has 25 heavy (non-hydrogen) atoms. The zero-order valence-corrected chi connectivity index (χ0v) is 13.9. The lowest BCUT2D eigenvalue weighted by Gasteiger charge is -2.39. The van der Waals surface area contributed by atoms with Gasteiger partial charge in [-0.15, -0.1) is 0 Å². The monoisotopic (exact) mass is 342 g/mol. The third kappa shape index (κ3) is 2.58. The molecule has 0 saturated carbocycles. The number of anilines is 3. The highest BCUT2D eigenvalue weighted by Gasteiger charge is 2.39. The molecule has 8 heteroatoms. The molecule has 0 radical (unpaired) electrons. The molecule has 1 fully saturated rings. The predicted molar refractivity (Wildman–Crippen MR) is 92.9 cm³/mol. The Labute approximate surface area is 144 Å². The van der Waals surface area contributed by atoms with E-state index in [2.05, 4.69) is 15.3 Å². The van der Waals surface area contributed by atoms with E-state index in [4.69, 9.17) is 5.73 Å². The predicted octanol–water partition coefficient (Wildman–Crippen LogP) is 1.81. The van der Waals surface area contributed by atoms with Gasteiger partial charge in [-0.05, 0) is 31.5 Å². The average molecular weight is 342 g/mol. The second-order valence-corrected chi connectivity index (χ2v) is 6.37. The first-order chi connectivity index (χ1) is 12.1. The molecule has 1 unspecified atom stereocenters. The highest BCUT2D eigenvalue weighted by molar-refractivity contribution is 6.06. The minimum absolute atomic E-state index is 0.0459. The van der Waals surface area contributed by atoms with Gasteiger partial charge < -0.3 is 11.1 Å². The molecule has 130 valence electrons. The van der Waals surface area contributed by atoms with E-state index in [0.717, 1.165) is 18.5 Å². The summed E-state index contributed by atoms with van der Waals surface area (Å²) in [5.41, 5.74) is 7.49. The zero-order valence-electron chi connectivity index (χ0n) is 13.9. The fraction of sp³-hybridized carbons (Fsp3) is 0.353. The number of nitrogens with one attached hydrogen (secondary N) is 1. The number of nitrogens with zero attached hydrogens (tertiary/aromatic N) is 4. The van der Waals surface area contributed by atoms with Crippen molar-refractivity contribution in [3.63, 3.8) is 0 Å². The second-order valence-electron chi connectivity index (χ2n) is 6.37. The van der Waals surface area contributed by atoms with E-state index in [9.17, 15) is 9.18 Å². The summed E-state index contributed by atoms with van der Waals surface area (Å²) in [7, 11) is 0. The Balaban J connectivity index is 1.84. The molecule has 0 aliphatic carbocycles. The molecule has 1 aromatic carbocycles. The zero-order chi connectivity index (χ0) is 17.6. The Morgan fingerprint density at radius 2 is 2.24 bits per heavy atom. The Hall–Kier alpha value is -2.74. The molecule has 4 rings (SSSR count). The molecule has 7 nitrogen and oxygen atoms in total. The van der Waals surface area contributed by atoms with Crippen LogP contribution in [0.3, 0.4) is 0 Å². The van der Waals surface area contributed by atoms with E-state index in [1.165, 1.54) is 11.0 Å². The molecule has 2 amide bonds. The van der Waals surface area contributed by atoms with Crippen molar-refractivity contribution in [3.8, 4) is 0 Å². The number of rotatable bonds is 2. The molecule has 3 N–H and O–H groups in total. The molecule has 1 saturated heterocycles. The number of carbonyl (C=O) groups is 1. The number of nitrogens with two attached hydrogens (primary N) is 1. The van der Waals surface area contributed by atoms with Crippen LogP contribution in [0.25, 0.3) is 0 Å². The van der Waals surface area contributed by atoms with Gasteiger partial charge in [0, 0.05) is 18.3 Å². The van der Waals surface area contributed by atoms with Gasteiger partial charge >= 0.3 is 6.03 Å². The maximum absolute atomic E-state index is 14.5. The topological polar surface area (TPSA) is 87.4 Å². The lowest BCUT2D eigenvalue weighted by Crippen LogP contribution is -2.53. The van der Waals surface area contributed by atoms with Crippen LogP contribution in [-0.2, 0) is 6.54 Å². The fourth-order valence-electron chi connectivity index (χ4n) is 3.52. The Morgan fingerprint density at radius 1 is 1.40 bits per heavy atom. The summed E-state index contributed by atoms with van der Waals surface area (Å²) < 4.78 is 14.5. The maximum Gasteiger partial charge on any atom is 0.330 e. The van der Waals surface area contributed by atoms with E-state index in [1.807, 2.05) is 0 Å². The number of halogens is 1. The van der Waals surface area contributed by atoms with Gasteiger partial charge in [0.2, 0.25) is 5.95 Å².